The maximum atomic E-state index is 13.2. The third-order valence-corrected chi connectivity index (χ3v) is 6.58. The van der Waals surface area contributed by atoms with Crippen LogP contribution in [0.1, 0.15) is 19.4 Å². The van der Waals surface area contributed by atoms with Gasteiger partial charge in [-0.05, 0) is 24.1 Å². The number of hydrogen-bond donors (Lipinski definition) is 2. The third kappa shape index (κ3) is 4.69. The zero-order valence-corrected chi connectivity index (χ0v) is 19.7. The average Bonchev–Trinajstić information content (AvgIpc) is 3.17. The number of nitrogens with zero attached hydrogens (tertiary/aromatic N) is 4. The molecule has 2 aromatic heterocycles. The highest BCUT2D eigenvalue weighted by molar-refractivity contribution is 7.91. The van der Waals surface area contributed by atoms with Crippen molar-refractivity contribution in [2.75, 3.05) is 19.0 Å². The standard InChI is InChI=1S/C22H26N6O4S/c1-14-6-5-7-16(15-8-9-24-18(10-15)31-4)19(14)26-21(29)27-33(23,30)17-11-25-28-12-22(2,3)13-32-20(17)28/h5-11H,12-13H2,1-4H3,(H3,23,26,27,29,30)/t33-/m1/s1. The number of ether oxygens (including phenoxy) is 2. The van der Waals surface area contributed by atoms with Gasteiger partial charge in [-0.1, -0.05) is 32.0 Å². The van der Waals surface area contributed by atoms with E-state index in [0.717, 1.165) is 16.7 Å². The van der Waals surface area contributed by atoms with Crippen LogP contribution in [0.15, 0.2) is 52.0 Å². The molecule has 4 rings (SSSR count). The van der Waals surface area contributed by atoms with Gasteiger partial charge < -0.3 is 14.8 Å². The van der Waals surface area contributed by atoms with Crippen molar-refractivity contribution in [3.8, 4) is 22.9 Å². The summed E-state index contributed by atoms with van der Waals surface area (Å²) in [6.45, 7) is 6.91. The molecule has 1 aromatic carbocycles. The van der Waals surface area contributed by atoms with Gasteiger partial charge in [-0.2, -0.15) is 5.10 Å². The van der Waals surface area contributed by atoms with Gasteiger partial charge in [-0.25, -0.2) is 23.8 Å². The van der Waals surface area contributed by atoms with E-state index in [1.807, 2.05) is 39.0 Å². The molecule has 2 amide bonds. The van der Waals surface area contributed by atoms with E-state index in [1.165, 1.54) is 13.3 Å². The Morgan fingerprint density at radius 3 is 2.91 bits per heavy atom. The second-order valence-corrected chi connectivity index (χ2v) is 10.4. The normalized spacial score (nSPS) is 16.2. The van der Waals surface area contributed by atoms with Crippen molar-refractivity contribution in [2.45, 2.75) is 32.2 Å². The zero-order chi connectivity index (χ0) is 23.8. The molecular formula is C22H26N6O4S. The van der Waals surface area contributed by atoms with Crippen molar-refractivity contribution < 1.29 is 18.5 Å². The van der Waals surface area contributed by atoms with Gasteiger partial charge >= 0.3 is 6.03 Å². The van der Waals surface area contributed by atoms with Gasteiger partial charge in [0.05, 0.1) is 32.1 Å². The van der Waals surface area contributed by atoms with Crippen LogP contribution >= 0.6 is 0 Å². The number of pyridine rings is 1. The summed E-state index contributed by atoms with van der Waals surface area (Å²) in [5, 5.41) is 12.9. The lowest BCUT2D eigenvalue weighted by Gasteiger charge is -2.30. The Hall–Kier alpha value is -3.44. The fraction of sp³-hybridized carbons (Fsp3) is 0.318. The predicted molar refractivity (Wildman–Crippen MR) is 125 cm³/mol. The average molecular weight is 471 g/mol. The summed E-state index contributed by atoms with van der Waals surface area (Å²) < 4.78 is 29.5. The number of aromatic nitrogens is 3. The maximum Gasteiger partial charge on any atom is 0.354 e. The Balaban J connectivity index is 1.66. The van der Waals surface area contributed by atoms with Crippen LogP contribution in [0.4, 0.5) is 10.5 Å². The van der Waals surface area contributed by atoms with E-state index in [0.29, 0.717) is 24.7 Å². The highest BCUT2D eigenvalue weighted by Gasteiger charge is 2.32. The predicted octanol–water partition coefficient (Wildman–Crippen LogP) is 3.61. The lowest BCUT2D eigenvalue weighted by atomic mass is 9.94. The molecule has 1 aliphatic rings. The first-order valence-corrected chi connectivity index (χ1v) is 11.8. The molecular weight excluding hydrogens is 444 g/mol. The topological polar surface area (TPSA) is 134 Å². The van der Waals surface area contributed by atoms with Gasteiger partial charge in [0, 0.05) is 23.2 Å². The molecule has 0 saturated heterocycles. The number of carbonyl (C=O) groups is 1. The van der Waals surface area contributed by atoms with E-state index in [1.54, 1.807) is 23.0 Å². The van der Waals surface area contributed by atoms with Crippen LogP contribution < -0.4 is 19.9 Å². The summed E-state index contributed by atoms with van der Waals surface area (Å²) in [6, 6.07) is 8.28. The Labute approximate surface area is 192 Å². The number of rotatable bonds is 4. The summed E-state index contributed by atoms with van der Waals surface area (Å²) in [5.74, 6) is 0.717. The Morgan fingerprint density at radius 2 is 2.15 bits per heavy atom. The van der Waals surface area contributed by atoms with Gasteiger partial charge in [0.1, 0.15) is 4.90 Å². The second-order valence-electron chi connectivity index (χ2n) is 8.60. The van der Waals surface area contributed by atoms with Gasteiger partial charge in [0.15, 0.2) is 9.92 Å². The molecule has 1 aliphatic heterocycles. The van der Waals surface area contributed by atoms with Crippen molar-refractivity contribution in [3.05, 3.63) is 48.3 Å². The van der Waals surface area contributed by atoms with Crippen LogP contribution in [-0.4, -0.2) is 38.7 Å². The fourth-order valence-electron chi connectivity index (χ4n) is 3.60. The Bertz CT molecular complexity index is 1340. The molecule has 3 aromatic rings. The third-order valence-electron chi connectivity index (χ3n) is 5.23. The number of benzene rings is 1. The first kappa shape index (κ1) is 22.7. The number of amides is 2. The Kier molecular flexibility index (Phi) is 5.85. The number of aryl methyl sites for hydroxylation is 1. The van der Waals surface area contributed by atoms with E-state index in [9.17, 15) is 9.00 Å². The van der Waals surface area contributed by atoms with E-state index in [2.05, 4.69) is 19.8 Å². The second kappa shape index (κ2) is 8.49. The summed E-state index contributed by atoms with van der Waals surface area (Å²) in [6.07, 6.45) is 2.96. The van der Waals surface area contributed by atoms with Crippen LogP contribution in [0.25, 0.3) is 11.1 Å². The lowest BCUT2D eigenvalue weighted by molar-refractivity contribution is 0.0972. The molecule has 0 bridgehead atoms. The van der Waals surface area contributed by atoms with Crippen molar-refractivity contribution in [3.63, 3.8) is 0 Å². The van der Waals surface area contributed by atoms with Crippen LogP contribution in [0, 0.1) is 12.3 Å². The number of nitrogens with two attached hydrogens (primary N) is 1. The summed E-state index contributed by atoms with van der Waals surface area (Å²) in [5.41, 5.74) is 2.71. The molecule has 1 atom stereocenters. The maximum absolute atomic E-state index is 13.2. The van der Waals surface area contributed by atoms with E-state index in [4.69, 9.17) is 14.6 Å². The van der Waals surface area contributed by atoms with Crippen LogP contribution in [0.2, 0.25) is 0 Å². The number of methoxy groups -OCH3 is 1. The zero-order valence-electron chi connectivity index (χ0n) is 18.9. The van der Waals surface area contributed by atoms with Crippen LogP contribution in [-0.2, 0) is 16.5 Å². The number of carbonyl (C=O) groups excluding carboxylic acids is 1. The molecule has 3 heterocycles. The van der Waals surface area contributed by atoms with Crippen molar-refractivity contribution in [2.24, 2.45) is 14.9 Å². The first-order chi connectivity index (χ1) is 15.6. The number of para-hydroxylation sites is 1. The number of urea groups is 1. The SMILES string of the molecule is COc1cc(-c2cccc(C)c2NC(=O)N=[S@@](N)(=O)c2cnn3c2OCC(C)(C)C3)ccn1. The molecule has 0 spiro atoms. The molecule has 3 N–H and O–H groups in total. The highest BCUT2D eigenvalue weighted by atomic mass is 32.2. The number of hydrogen-bond acceptors (Lipinski definition) is 6. The molecule has 0 radical (unpaired) electrons. The minimum Gasteiger partial charge on any atom is -0.481 e. The lowest BCUT2D eigenvalue weighted by Crippen LogP contribution is -2.33. The van der Waals surface area contributed by atoms with Gasteiger partial charge in [0.25, 0.3) is 0 Å². The highest BCUT2D eigenvalue weighted by Crippen LogP contribution is 2.34. The summed E-state index contributed by atoms with van der Waals surface area (Å²) in [4.78, 5) is 17.0. The number of anilines is 1. The minimum absolute atomic E-state index is 0.0945. The molecule has 174 valence electrons. The van der Waals surface area contributed by atoms with E-state index < -0.39 is 15.9 Å². The number of nitrogens with one attached hydrogen (secondary N) is 1. The van der Waals surface area contributed by atoms with Gasteiger partial charge in [0.2, 0.25) is 11.8 Å². The van der Waals surface area contributed by atoms with E-state index >= 15 is 0 Å². The van der Waals surface area contributed by atoms with Crippen molar-refractivity contribution >= 4 is 21.6 Å². The van der Waals surface area contributed by atoms with Gasteiger partial charge in [-0.3, -0.25) is 0 Å². The first-order valence-electron chi connectivity index (χ1n) is 10.2. The molecule has 0 aliphatic carbocycles. The van der Waals surface area contributed by atoms with Crippen LogP contribution in [0.5, 0.6) is 11.8 Å². The summed E-state index contributed by atoms with van der Waals surface area (Å²) in [7, 11) is -2.06. The quantitative estimate of drug-likeness (QED) is 0.598. The molecule has 0 fully saturated rings. The molecule has 11 heteroatoms. The van der Waals surface area contributed by atoms with Gasteiger partial charge in [-0.15, -0.1) is 4.36 Å². The minimum atomic E-state index is -3.59. The largest absolute Gasteiger partial charge is 0.481 e. The van der Waals surface area contributed by atoms with E-state index in [-0.39, 0.29) is 16.2 Å². The van der Waals surface area contributed by atoms with Crippen molar-refractivity contribution in [1.82, 2.24) is 14.8 Å². The summed E-state index contributed by atoms with van der Waals surface area (Å²) >= 11 is 0. The molecule has 0 saturated carbocycles. The smallest absolute Gasteiger partial charge is 0.354 e. The monoisotopic (exact) mass is 470 g/mol. The van der Waals surface area contributed by atoms with Crippen LogP contribution in [0.3, 0.4) is 0 Å². The fourth-order valence-corrected chi connectivity index (χ4v) is 4.60. The number of fused-ring (bicyclic) bond motifs is 1. The molecule has 10 nitrogen and oxygen atoms in total. The molecule has 0 unspecified atom stereocenters. The van der Waals surface area contributed by atoms with Crippen molar-refractivity contribution in [1.29, 1.82) is 0 Å². The molecule has 33 heavy (non-hydrogen) atoms. The Morgan fingerprint density at radius 1 is 1.36 bits per heavy atom.